The number of fused-ring (bicyclic) bond motifs is 2. The summed E-state index contributed by atoms with van der Waals surface area (Å²) in [6.07, 6.45) is 4.15. The molecule has 3 aliphatic rings. The molecule has 5 atom stereocenters. The van der Waals surface area contributed by atoms with E-state index in [1.165, 1.54) is 0 Å². The minimum absolute atomic E-state index is 0.0335. The van der Waals surface area contributed by atoms with Gasteiger partial charge in [0.2, 0.25) is 5.91 Å². The summed E-state index contributed by atoms with van der Waals surface area (Å²) in [5.74, 6) is 0.598. The highest BCUT2D eigenvalue weighted by atomic mass is 16.6. The summed E-state index contributed by atoms with van der Waals surface area (Å²) < 4.78 is 5.61. The van der Waals surface area contributed by atoms with Gasteiger partial charge in [0.1, 0.15) is 5.60 Å². The lowest BCUT2D eigenvalue weighted by Gasteiger charge is -2.42. The maximum absolute atomic E-state index is 13.1. The summed E-state index contributed by atoms with van der Waals surface area (Å²) in [5.41, 5.74) is 0.812. The van der Waals surface area contributed by atoms with Crippen LogP contribution in [0.4, 0.5) is 10.5 Å². The third kappa shape index (κ3) is 4.76. The minimum Gasteiger partial charge on any atom is -0.444 e. The number of benzene rings is 1. The van der Waals surface area contributed by atoms with E-state index in [1.807, 2.05) is 37.6 Å². The van der Waals surface area contributed by atoms with Crippen LogP contribution in [0.5, 0.6) is 0 Å². The molecule has 2 saturated heterocycles. The molecule has 3 amide bonds. The van der Waals surface area contributed by atoms with E-state index in [1.54, 1.807) is 24.3 Å². The molecular formula is C25H35N3O4. The number of carbonyl (C=O) groups excluding carboxylic acids is 3. The zero-order valence-corrected chi connectivity index (χ0v) is 19.8. The summed E-state index contributed by atoms with van der Waals surface area (Å²) >= 11 is 0. The van der Waals surface area contributed by atoms with Gasteiger partial charge in [-0.15, -0.1) is 0 Å². The fraction of sp³-hybridized carbons (Fsp3) is 0.640. The Balaban J connectivity index is 1.35. The van der Waals surface area contributed by atoms with Gasteiger partial charge in [0.25, 0.3) is 5.91 Å². The summed E-state index contributed by atoms with van der Waals surface area (Å²) in [6, 6.07) is 7.46. The smallest absolute Gasteiger partial charge is 0.410 e. The molecule has 32 heavy (non-hydrogen) atoms. The number of nitrogens with zero attached hydrogens (tertiary/aromatic N) is 2. The SMILES string of the molecule is C[C@@H]1C[C@H]1C(=O)Nc1ccc(C(=O)N(C)C2C[C@H]3CC[C@@H](C2)N3C(=O)OC(C)(C)C)cc1. The standard InChI is InChI=1S/C25H35N3O4/c1-15-12-21(15)22(29)26-17-8-6-16(7-9-17)23(30)27(5)20-13-18-10-11-19(14-20)28(18)24(31)32-25(2,3)4/h6-9,15,18-21H,10-14H2,1-5H3,(H,26,29)/t15-,18-,19+,20?,21-/m1/s1. The predicted octanol–water partition coefficient (Wildman–Crippen LogP) is 4.28. The Morgan fingerprint density at radius 1 is 1.03 bits per heavy atom. The molecule has 2 heterocycles. The van der Waals surface area contributed by atoms with Crippen molar-refractivity contribution in [1.82, 2.24) is 9.80 Å². The Labute approximate surface area is 190 Å². The number of ether oxygens (including phenoxy) is 1. The summed E-state index contributed by atoms with van der Waals surface area (Å²) in [6.45, 7) is 7.73. The van der Waals surface area contributed by atoms with E-state index in [0.29, 0.717) is 11.5 Å². The highest BCUT2D eigenvalue weighted by molar-refractivity contribution is 5.97. The van der Waals surface area contributed by atoms with Crippen LogP contribution in [0.2, 0.25) is 0 Å². The molecule has 2 bridgehead atoms. The van der Waals surface area contributed by atoms with E-state index in [0.717, 1.165) is 37.8 Å². The second-order valence-electron chi connectivity index (χ2n) is 10.7. The second kappa shape index (κ2) is 8.41. The van der Waals surface area contributed by atoms with Gasteiger partial charge < -0.3 is 19.9 Å². The number of nitrogens with one attached hydrogen (secondary N) is 1. The zero-order valence-electron chi connectivity index (χ0n) is 19.8. The highest BCUT2D eigenvalue weighted by Gasteiger charge is 2.46. The van der Waals surface area contributed by atoms with Gasteiger partial charge >= 0.3 is 6.09 Å². The van der Waals surface area contributed by atoms with Gasteiger partial charge in [-0.2, -0.15) is 0 Å². The largest absolute Gasteiger partial charge is 0.444 e. The fourth-order valence-corrected chi connectivity index (χ4v) is 5.07. The predicted molar refractivity (Wildman–Crippen MR) is 122 cm³/mol. The van der Waals surface area contributed by atoms with Crippen LogP contribution in [0.1, 0.15) is 70.2 Å². The molecule has 174 valence electrons. The molecule has 3 fully saturated rings. The van der Waals surface area contributed by atoms with Crippen LogP contribution >= 0.6 is 0 Å². The molecule has 0 spiro atoms. The average molecular weight is 442 g/mol. The Bertz CT molecular complexity index is 877. The van der Waals surface area contributed by atoms with Crippen molar-refractivity contribution in [3.05, 3.63) is 29.8 Å². The molecule has 1 aromatic rings. The van der Waals surface area contributed by atoms with Crippen molar-refractivity contribution in [2.75, 3.05) is 12.4 Å². The molecule has 2 aliphatic heterocycles. The number of hydrogen-bond donors (Lipinski definition) is 1. The number of carbonyl (C=O) groups is 3. The van der Waals surface area contributed by atoms with E-state index in [9.17, 15) is 14.4 Å². The Morgan fingerprint density at radius 3 is 2.09 bits per heavy atom. The van der Waals surface area contributed by atoms with E-state index in [-0.39, 0.29) is 42.0 Å². The Kier molecular flexibility index (Phi) is 5.94. The average Bonchev–Trinajstić information content (AvgIpc) is 3.40. The minimum atomic E-state index is -0.511. The molecule has 1 unspecified atom stereocenters. The summed E-state index contributed by atoms with van der Waals surface area (Å²) in [5, 5.41) is 2.93. The molecule has 7 heteroatoms. The third-order valence-electron chi connectivity index (χ3n) is 7.03. The molecule has 1 aromatic carbocycles. The molecule has 7 nitrogen and oxygen atoms in total. The summed E-state index contributed by atoms with van der Waals surface area (Å²) in [7, 11) is 1.85. The quantitative estimate of drug-likeness (QED) is 0.756. The van der Waals surface area contributed by atoms with Crippen LogP contribution in [0.15, 0.2) is 24.3 Å². The first-order chi connectivity index (χ1) is 15.0. The lowest BCUT2D eigenvalue weighted by molar-refractivity contribution is -0.117. The van der Waals surface area contributed by atoms with E-state index in [2.05, 4.69) is 12.2 Å². The maximum Gasteiger partial charge on any atom is 0.410 e. The lowest BCUT2D eigenvalue weighted by atomic mass is 9.96. The third-order valence-corrected chi connectivity index (χ3v) is 7.03. The van der Waals surface area contributed by atoms with Gasteiger partial charge in [-0.25, -0.2) is 4.79 Å². The molecule has 0 radical (unpaired) electrons. The van der Waals surface area contributed by atoms with E-state index < -0.39 is 5.60 Å². The van der Waals surface area contributed by atoms with E-state index >= 15 is 0 Å². The van der Waals surface area contributed by atoms with Crippen molar-refractivity contribution in [1.29, 1.82) is 0 Å². The van der Waals surface area contributed by atoms with Crippen LogP contribution < -0.4 is 5.32 Å². The van der Waals surface area contributed by atoms with Crippen molar-refractivity contribution in [3.63, 3.8) is 0 Å². The normalized spacial score (nSPS) is 28.8. The van der Waals surface area contributed by atoms with Crippen molar-refractivity contribution in [3.8, 4) is 0 Å². The van der Waals surface area contributed by atoms with Crippen LogP contribution in [-0.2, 0) is 9.53 Å². The molecular weight excluding hydrogens is 406 g/mol. The van der Waals surface area contributed by atoms with Gasteiger partial charge in [0.15, 0.2) is 0 Å². The topological polar surface area (TPSA) is 79.0 Å². The molecule has 1 N–H and O–H groups in total. The van der Waals surface area contributed by atoms with Crippen molar-refractivity contribution >= 4 is 23.6 Å². The number of amides is 3. The lowest BCUT2D eigenvalue weighted by Crippen LogP contribution is -2.53. The molecule has 0 aromatic heterocycles. The first-order valence-corrected chi connectivity index (χ1v) is 11.7. The maximum atomic E-state index is 13.1. The highest BCUT2D eigenvalue weighted by Crippen LogP contribution is 2.39. The van der Waals surface area contributed by atoms with Crippen molar-refractivity contribution < 1.29 is 19.1 Å². The zero-order chi connectivity index (χ0) is 23.2. The summed E-state index contributed by atoms with van der Waals surface area (Å²) in [4.78, 5) is 41.6. The van der Waals surface area contributed by atoms with Crippen molar-refractivity contribution in [2.24, 2.45) is 11.8 Å². The second-order valence-corrected chi connectivity index (χ2v) is 10.7. The van der Waals surface area contributed by atoms with Crippen molar-refractivity contribution in [2.45, 2.75) is 83.5 Å². The Morgan fingerprint density at radius 2 is 1.59 bits per heavy atom. The van der Waals surface area contributed by atoms with Gasteiger partial charge in [-0.05, 0) is 83.1 Å². The number of piperidine rings is 1. The number of rotatable bonds is 4. The van der Waals surface area contributed by atoms with Gasteiger partial charge in [0.05, 0.1) is 0 Å². The monoisotopic (exact) mass is 441 g/mol. The first kappa shape index (κ1) is 22.6. The van der Waals surface area contributed by atoms with Crippen LogP contribution in [-0.4, -0.2) is 58.5 Å². The fourth-order valence-electron chi connectivity index (χ4n) is 5.07. The van der Waals surface area contributed by atoms with Gasteiger partial charge in [0, 0.05) is 42.3 Å². The molecule has 1 saturated carbocycles. The van der Waals surface area contributed by atoms with Crippen LogP contribution in [0.3, 0.4) is 0 Å². The van der Waals surface area contributed by atoms with Crippen LogP contribution in [0.25, 0.3) is 0 Å². The van der Waals surface area contributed by atoms with Gasteiger partial charge in [-0.1, -0.05) is 6.92 Å². The number of hydrogen-bond acceptors (Lipinski definition) is 4. The first-order valence-electron chi connectivity index (χ1n) is 11.7. The van der Waals surface area contributed by atoms with Crippen LogP contribution in [0, 0.1) is 11.8 Å². The Hall–Kier alpha value is -2.57. The van der Waals surface area contributed by atoms with Gasteiger partial charge in [-0.3, -0.25) is 9.59 Å². The number of anilines is 1. The molecule has 1 aliphatic carbocycles. The molecule has 4 rings (SSSR count). The van der Waals surface area contributed by atoms with E-state index in [4.69, 9.17) is 4.74 Å².